The van der Waals surface area contributed by atoms with Crippen LogP contribution in [0.25, 0.3) is 0 Å². The van der Waals surface area contributed by atoms with Crippen molar-refractivity contribution in [3.8, 4) is 0 Å². The molecule has 0 bridgehead atoms. The first-order valence-corrected chi connectivity index (χ1v) is 12.6. The lowest BCUT2D eigenvalue weighted by Crippen LogP contribution is -2.48. The van der Waals surface area contributed by atoms with Crippen molar-refractivity contribution in [2.75, 3.05) is 23.7 Å². The number of nitrogens with zero attached hydrogens (tertiary/aromatic N) is 2. The van der Waals surface area contributed by atoms with Crippen LogP contribution < -0.4 is 9.62 Å². The molecule has 0 spiro atoms. The van der Waals surface area contributed by atoms with Gasteiger partial charge in [-0.05, 0) is 75.0 Å². The van der Waals surface area contributed by atoms with Gasteiger partial charge in [0.15, 0.2) is 0 Å². The molecule has 168 valence electrons. The van der Waals surface area contributed by atoms with Crippen molar-refractivity contribution in [1.29, 1.82) is 0 Å². The van der Waals surface area contributed by atoms with E-state index >= 15 is 0 Å². The number of anilines is 1. The second-order valence-corrected chi connectivity index (χ2v) is 10.4. The van der Waals surface area contributed by atoms with Gasteiger partial charge in [0.2, 0.25) is 15.9 Å². The van der Waals surface area contributed by atoms with Crippen molar-refractivity contribution >= 4 is 21.6 Å². The quantitative estimate of drug-likeness (QED) is 0.679. The first kappa shape index (κ1) is 23.3. The molecule has 2 aromatic rings. The van der Waals surface area contributed by atoms with Gasteiger partial charge in [-0.15, -0.1) is 0 Å². The molecule has 31 heavy (non-hydrogen) atoms. The highest BCUT2D eigenvalue weighted by molar-refractivity contribution is 7.92. The van der Waals surface area contributed by atoms with Crippen LogP contribution in [0.15, 0.2) is 42.5 Å². The van der Waals surface area contributed by atoms with Gasteiger partial charge in [-0.2, -0.15) is 0 Å². The van der Waals surface area contributed by atoms with E-state index in [2.05, 4.69) is 16.3 Å². The van der Waals surface area contributed by atoms with E-state index in [1.54, 1.807) is 6.92 Å². The van der Waals surface area contributed by atoms with Crippen molar-refractivity contribution in [2.45, 2.75) is 52.7 Å². The maximum atomic E-state index is 13.0. The van der Waals surface area contributed by atoms with Crippen molar-refractivity contribution < 1.29 is 13.2 Å². The van der Waals surface area contributed by atoms with Crippen molar-refractivity contribution in [2.24, 2.45) is 0 Å². The monoisotopic (exact) mass is 443 g/mol. The fourth-order valence-corrected chi connectivity index (χ4v) is 5.36. The molecule has 1 N–H and O–H groups in total. The number of nitrogens with one attached hydrogen (secondary N) is 1. The van der Waals surface area contributed by atoms with E-state index in [1.807, 2.05) is 50.2 Å². The Kier molecular flexibility index (Phi) is 7.38. The number of carbonyl (C=O) groups is 1. The van der Waals surface area contributed by atoms with Crippen LogP contribution in [0, 0.1) is 13.8 Å². The first-order valence-electron chi connectivity index (χ1n) is 10.8. The number of rotatable bonds is 8. The van der Waals surface area contributed by atoms with Crippen molar-refractivity contribution in [1.82, 2.24) is 10.2 Å². The lowest BCUT2D eigenvalue weighted by atomic mass is 10.1. The Morgan fingerprint density at radius 2 is 1.74 bits per heavy atom. The minimum Gasteiger partial charge on any atom is -0.350 e. The minimum atomic E-state index is -3.64. The minimum absolute atomic E-state index is 0.317. The molecule has 1 atom stereocenters. The maximum Gasteiger partial charge on any atom is 0.243 e. The largest absolute Gasteiger partial charge is 0.350 e. The molecule has 2 aromatic carbocycles. The molecule has 0 saturated carbocycles. The zero-order valence-corrected chi connectivity index (χ0v) is 19.7. The van der Waals surface area contributed by atoms with Crippen LogP contribution in [-0.4, -0.2) is 44.6 Å². The van der Waals surface area contributed by atoms with E-state index in [4.69, 9.17) is 0 Å². The Hall–Kier alpha value is -2.38. The highest BCUT2D eigenvalue weighted by atomic mass is 32.2. The fraction of sp³-hybridized carbons (Fsp3) is 0.458. The van der Waals surface area contributed by atoms with Crippen LogP contribution >= 0.6 is 0 Å². The van der Waals surface area contributed by atoms with Crippen LogP contribution in [0.3, 0.4) is 0 Å². The summed E-state index contributed by atoms with van der Waals surface area (Å²) in [5.74, 6) is -0.317. The molecule has 0 unspecified atom stereocenters. The van der Waals surface area contributed by atoms with Crippen LogP contribution in [0.2, 0.25) is 0 Å². The smallest absolute Gasteiger partial charge is 0.243 e. The highest BCUT2D eigenvalue weighted by Crippen LogP contribution is 2.26. The number of hydrogen-bond acceptors (Lipinski definition) is 4. The van der Waals surface area contributed by atoms with Crippen LogP contribution in [0.4, 0.5) is 5.69 Å². The van der Waals surface area contributed by atoms with Gasteiger partial charge in [0.1, 0.15) is 6.04 Å². The fourth-order valence-electron chi connectivity index (χ4n) is 4.13. The van der Waals surface area contributed by atoms with Gasteiger partial charge in [0, 0.05) is 13.1 Å². The summed E-state index contributed by atoms with van der Waals surface area (Å²) in [4.78, 5) is 15.4. The van der Waals surface area contributed by atoms with E-state index in [-0.39, 0.29) is 5.91 Å². The summed E-state index contributed by atoms with van der Waals surface area (Å²) in [7, 11) is -3.64. The third kappa shape index (κ3) is 5.86. The predicted molar refractivity (Wildman–Crippen MR) is 126 cm³/mol. The summed E-state index contributed by atoms with van der Waals surface area (Å²) < 4.78 is 26.4. The Balaban J connectivity index is 1.75. The van der Waals surface area contributed by atoms with Gasteiger partial charge >= 0.3 is 0 Å². The van der Waals surface area contributed by atoms with E-state index in [1.165, 1.54) is 22.7 Å². The molecule has 1 amide bonds. The SMILES string of the molecule is Cc1ccc(C)c(N([C@H](C)C(=O)NCc2ccccc2CN2CCCC2)S(C)(=O)=O)c1. The number of benzene rings is 2. The second kappa shape index (κ2) is 9.83. The summed E-state index contributed by atoms with van der Waals surface area (Å²) in [5, 5.41) is 2.96. The van der Waals surface area contributed by atoms with Gasteiger partial charge in [0.05, 0.1) is 11.9 Å². The van der Waals surface area contributed by atoms with Crippen LogP contribution in [0.1, 0.15) is 42.0 Å². The van der Waals surface area contributed by atoms with Crippen molar-refractivity contribution in [3.63, 3.8) is 0 Å². The molecule has 1 fully saturated rings. The maximum absolute atomic E-state index is 13.0. The van der Waals surface area contributed by atoms with Gasteiger partial charge in [-0.25, -0.2) is 8.42 Å². The predicted octanol–water partition coefficient (Wildman–Crippen LogP) is 3.37. The zero-order valence-electron chi connectivity index (χ0n) is 18.9. The Labute approximate surface area is 186 Å². The number of sulfonamides is 1. The molecular weight excluding hydrogens is 410 g/mol. The Morgan fingerprint density at radius 1 is 1.10 bits per heavy atom. The summed E-state index contributed by atoms with van der Waals surface area (Å²) in [6.07, 6.45) is 3.61. The Morgan fingerprint density at radius 3 is 2.39 bits per heavy atom. The second-order valence-electron chi connectivity index (χ2n) is 8.49. The van der Waals surface area contributed by atoms with E-state index in [0.717, 1.165) is 42.6 Å². The van der Waals surface area contributed by atoms with E-state index in [0.29, 0.717) is 12.2 Å². The molecular formula is C24H33N3O3S. The number of hydrogen-bond donors (Lipinski definition) is 1. The molecule has 3 rings (SSSR count). The molecule has 1 aliphatic heterocycles. The van der Waals surface area contributed by atoms with Gasteiger partial charge in [-0.3, -0.25) is 14.0 Å². The average Bonchev–Trinajstić information content (AvgIpc) is 3.22. The topological polar surface area (TPSA) is 69.7 Å². The molecule has 0 aliphatic carbocycles. The number of likely N-dealkylation sites (tertiary alicyclic amines) is 1. The molecule has 1 saturated heterocycles. The van der Waals surface area contributed by atoms with E-state index < -0.39 is 16.1 Å². The Bertz CT molecular complexity index is 1030. The number of aryl methyl sites for hydroxylation is 2. The average molecular weight is 444 g/mol. The summed E-state index contributed by atoms with van der Waals surface area (Å²) >= 11 is 0. The number of carbonyl (C=O) groups excluding carboxylic acids is 1. The normalized spacial score (nSPS) is 15.6. The third-order valence-electron chi connectivity index (χ3n) is 5.85. The summed E-state index contributed by atoms with van der Waals surface area (Å²) in [6, 6.07) is 12.9. The first-order chi connectivity index (χ1) is 14.7. The molecule has 7 heteroatoms. The summed E-state index contributed by atoms with van der Waals surface area (Å²) in [6.45, 7) is 8.86. The highest BCUT2D eigenvalue weighted by Gasteiger charge is 2.30. The lowest BCUT2D eigenvalue weighted by Gasteiger charge is -2.30. The van der Waals surface area contributed by atoms with Gasteiger partial charge in [-0.1, -0.05) is 36.4 Å². The summed E-state index contributed by atoms with van der Waals surface area (Å²) in [5.41, 5.74) is 4.56. The standard InChI is InChI=1S/C24H33N3O3S/c1-18-11-12-19(2)23(15-18)27(31(4,29)30)20(3)24(28)25-16-21-9-5-6-10-22(21)17-26-13-7-8-14-26/h5-6,9-12,15,20H,7-8,13-14,16-17H2,1-4H3,(H,25,28)/t20-/m1/s1. The molecule has 1 heterocycles. The van der Waals surface area contributed by atoms with Gasteiger partial charge < -0.3 is 5.32 Å². The third-order valence-corrected chi connectivity index (χ3v) is 7.08. The van der Waals surface area contributed by atoms with E-state index in [9.17, 15) is 13.2 Å². The zero-order chi connectivity index (χ0) is 22.6. The van der Waals surface area contributed by atoms with Crippen LogP contribution in [-0.2, 0) is 27.9 Å². The molecule has 6 nitrogen and oxygen atoms in total. The molecule has 0 aromatic heterocycles. The molecule has 0 radical (unpaired) electrons. The molecule has 1 aliphatic rings. The lowest BCUT2D eigenvalue weighted by molar-refractivity contribution is -0.122. The van der Waals surface area contributed by atoms with Crippen molar-refractivity contribution in [3.05, 3.63) is 64.7 Å². The van der Waals surface area contributed by atoms with Gasteiger partial charge in [0.25, 0.3) is 0 Å². The van der Waals surface area contributed by atoms with Crippen LogP contribution in [0.5, 0.6) is 0 Å². The number of amides is 1.